The fraction of sp³-hybridized carbons (Fsp3) is 0. The van der Waals surface area contributed by atoms with Crippen molar-refractivity contribution in [1.82, 2.24) is 0 Å². The van der Waals surface area contributed by atoms with E-state index < -0.39 is 17.4 Å². The molecule has 54 valence electrons. The van der Waals surface area contributed by atoms with E-state index in [1.165, 1.54) is 0 Å². The second-order valence-electron chi connectivity index (χ2n) is 1.83. The number of aromatic hydroxyl groups is 1. The molecule has 0 aliphatic rings. The van der Waals surface area contributed by atoms with Crippen LogP contribution in [0.5, 0.6) is 5.75 Å². The van der Waals surface area contributed by atoms with E-state index in [0.717, 1.165) is 22.9 Å². The molecule has 1 atom stereocenters. The maximum absolute atomic E-state index is 12.4. The van der Waals surface area contributed by atoms with Crippen LogP contribution in [0.25, 0.3) is 0 Å². The van der Waals surface area contributed by atoms with E-state index in [1.54, 1.807) is 0 Å². The van der Waals surface area contributed by atoms with E-state index in [0.29, 0.717) is 6.07 Å². The molecule has 0 saturated heterocycles. The summed E-state index contributed by atoms with van der Waals surface area (Å²) in [5.41, 5.74) is 0. The van der Waals surface area contributed by atoms with Crippen molar-refractivity contribution in [3.05, 3.63) is 23.8 Å². The van der Waals surface area contributed by atoms with Crippen molar-refractivity contribution in [3.8, 4) is 5.75 Å². The SMILES string of the molecule is Oc1c(F)cc(F)cc1[AsH2]. The molecule has 0 aliphatic carbocycles. The monoisotopic (exact) mass is 206 g/mol. The third-order valence-electron chi connectivity index (χ3n) is 1.06. The topological polar surface area (TPSA) is 20.2 Å². The normalized spacial score (nSPS) is 9.90. The molecular formula is C6H5AsF2O. The molecule has 10 heavy (non-hydrogen) atoms. The third kappa shape index (κ3) is 1.29. The van der Waals surface area contributed by atoms with E-state index in [2.05, 4.69) is 0 Å². The van der Waals surface area contributed by atoms with E-state index in [-0.39, 0.29) is 4.35 Å². The van der Waals surface area contributed by atoms with Crippen molar-refractivity contribution in [3.63, 3.8) is 0 Å². The molecule has 1 unspecified atom stereocenters. The molecular weight excluding hydrogens is 201 g/mol. The van der Waals surface area contributed by atoms with Gasteiger partial charge in [0.25, 0.3) is 0 Å². The first-order valence-electron chi connectivity index (χ1n) is 2.54. The van der Waals surface area contributed by atoms with Crippen LogP contribution in [0.15, 0.2) is 12.1 Å². The molecule has 0 saturated carbocycles. The molecule has 0 fully saturated rings. The standard InChI is InChI=1S/C6H5AsF2O/c7-4-1-3(8)2-5(9)6(4)10/h1-2,10H,7H2. The summed E-state index contributed by atoms with van der Waals surface area (Å²) in [4.78, 5) is 0. The molecule has 0 spiro atoms. The Morgan fingerprint density at radius 3 is 2.40 bits per heavy atom. The summed E-state index contributed by atoms with van der Waals surface area (Å²) in [5.74, 6) is -2.02. The van der Waals surface area contributed by atoms with Gasteiger partial charge in [0.1, 0.15) is 0 Å². The molecule has 0 amide bonds. The fourth-order valence-electron chi connectivity index (χ4n) is 0.586. The van der Waals surface area contributed by atoms with Gasteiger partial charge in [-0.1, -0.05) is 0 Å². The molecule has 0 radical (unpaired) electrons. The Labute approximate surface area is 65.2 Å². The summed E-state index contributed by atoms with van der Waals surface area (Å²) in [6, 6.07) is 1.75. The average Bonchev–Trinajstić information content (AvgIpc) is 1.82. The number of phenolic OH excluding ortho intramolecular Hbond substituents is 1. The van der Waals surface area contributed by atoms with Crippen molar-refractivity contribution < 1.29 is 13.9 Å². The summed E-state index contributed by atoms with van der Waals surface area (Å²) >= 11 is 0.987. The Morgan fingerprint density at radius 1 is 1.30 bits per heavy atom. The number of halogens is 2. The first-order valence-corrected chi connectivity index (χ1v) is 3.76. The van der Waals surface area contributed by atoms with Crippen LogP contribution in [0.1, 0.15) is 0 Å². The van der Waals surface area contributed by atoms with Gasteiger partial charge in [-0.2, -0.15) is 0 Å². The van der Waals surface area contributed by atoms with Crippen LogP contribution >= 0.6 is 0 Å². The number of benzene rings is 1. The van der Waals surface area contributed by atoms with Gasteiger partial charge in [0.05, 0.1) is 0 Å². The van der Waals surface area contributed by atoms with E-state index >= 15 is 0 Å². The molecule has 1 rings (SSSR count). The molecule has 4 heteroatoms. The maximum atomic E-state index is 12.4. The van der Waals surface area contributed by atoms with Gasteiger partial charge in [0, 0.05) is 0 Å². The third-order valence-corrected chi connectivity index (χ3v) is 1.98. The van der Waals surface area contributed by atoms with Gasteiger partial charge in [0.2, 0.25) is 0 Å². The molecule has 1 nitrogen and oxygen atoms in total. The van der Waals surface area contributed by atoms with Gasteiger partial charge in [-0.25, -0.2) is 0 Å². The van der Waals surface area contributed by atoms with Crippen LogP contribution in [0.2, 0.25) is 0 Å². The number of hydrogen-bond acceptors (Lipinski definition) is 1. The quantitative estimate of drug-likeness (QED) is 0.589. The van der Waals surface area contributed by atoms with E-state index in [1.807, 2.05) is 0 Å². The summed E-state index contributed by atoms with van der Waals surface area (Å²) in [5, 5.41) is 8.80. The number of phenols is 1. The zero-order chi connectivity index (χ0) is 7.72. The van der Waals surface area contributed by atoms with Crippen LogP contribution in [-0.4, -0.2) is 22.0 Å². The molecule has 1 N–H and O–H groups in total. The van der Waals surface area contributed by atoms with Gasteiger partial charge in [0.15, 0.2) is 0 Å². The van der Waals surface area contributed by atoms with Gasteiger partial charge in [-0.05, 0) is 0 Å². The fourth-order valence-corrected chi connectivity index (χ4v) is 1.21. The Morgan fingerprint density at radius 2 is 1.90 bits per heavy atom. The Bertz CT molecular complexity index is 239. The second-order valence-corrected chi connectivity index (χ2v) is 3.13. The summed E-state index contributed by atoms with van der Waals surface area (Å²) in [6.45, 7) is 0. The van der Waals surface area contributed by atoms with Gasteiger partial charge < -0.3 is 0 Å². The average molecular weight is 206 g/mol. The number of rotatable bonds is 0. The van der Waals surface area contributed by atoms with Crippen molar-refractivity contribution in [2.24, 2.45) is 0 Å². The summed E-state index contributed by atoms with van der Waals surface area (Å²) in [7, 11) is 0. The Balaban J connectivity index is 3.31. The van der Waals surface area contributed by atoms with Crippen LogP contribution < -0.4 is 4.35 Å². The number of hydrogen-bond donors (Lipinski definition) is 1. The first-order chi connectivity index (χ1) is 4.61. The zero-order valence-corrected chi connectivity index (χ0v) is 7.36. The summed E-state index contributed by atoms with van der Waals surface area (Å²) < 4.78 is 24.9. The molecule has 0 heterocycles. The minimum absolute atomic E-state index is 0.269. The van der Waals surface area contributed by atoms with Gasteiger partial charge >= 0.3 is 64.6 Å². The van der Waals surface area contributed by atoms with Crippen LogP contribution in [0, 0.1) is 11.6 Å². The van der Waals surface area contributed by atoms with Crippen LogP contribution in [-0.2, 0) is 0 Å². The molecule has 0 aromatic heterocycles. The second kappa shape index (κ2) is 2.59. The molecule has 1 aromatic rings. The van der Waals surface area contributed by atoms with E-state index in [9.17, 15) is 8.78 Å². The van der Waals surface area contributed by atoms with Crippen molar-refractivity contribution in [2.75, 3.05) is 0 Å². The molecule has 0 bridgehead atoms. The first kappa shape index (κ1) is 7.54. The minimum atomic E-state index is -0.903. The Kier molecular flexibility index (Phi) is 1.95. The predicted molar refractivity (Wildman–Crippen MR) is 36.2 cm³/mol. The molecule has 0 aliphatic heterocycles. The van der Waals surface area contributed by atoms with Gasteiger partial charge in [-0.3, -0.25) is 0 Å². The zero-order valence-electron chi connectivity index (χ0n) is 4.94. The van der Waals surface area contributed by atoms with Gasteiger partial charge in [-0.15, -0.1) is 0 Å². The van der Waals surface area contributed by atoms with Crippen molar-refractivity contribution in [1.29, 1.82) is 0 Å². The van der Waals surface area contributed by atoms with E-state index in [4.69, 9.17) is 5.11 Å². The van der Waals surface area contributed by atoms with Crippen LogP contribution in [0.3, 0.4) is 0 Å². The predicted octanol–water partition coefficient (Wildman–Crippen LogP) is -0.0712. The van der Waals surface area contributed by atoms with Crippen molar-refractivity contribution in [2.45, 2.75) is 0 Å². The van der Waals surface area contributed by atoms with Crippen molar-refractivity contribution >= 4 is 21.2 Å². The summed E-state index contributed by atoms with van der Waals surface area (Å²) in [6.07, 6.45) is 0. The Hall–Kier alpha value is -0.562. The molecule has 1 aromatic carbocycles. The van der Waals surface area contributed by atoms with Crippen LogP contribution in [0.4, 0.5) is 8.78 Å².